The zero-order valence-corrected chi connectivity index (χ0v) is 15.6. The average Bonchev–Trinajstić information content (AvgIpc) is 2.69. The number of nitrogens with one attached hydrogen (secondary N) is 2. The number of nitriles is 1. The minimum absolute atomic E-state index is 0.00914. The van der Waals surface area contributed by atoms with Crippen molar-refractivity contribution >= 4 is 17.5 Å². The number of hydrogen-bond acceptors (Lipinski definition) is 4. The third kappa shape index (κ3) is 5.38. The van der Waals surface area contributed by atoms with Gasteiger partial charge in [0.2, 0.25) is 5.91 Å². The monoisotopic (exact) mass is 396 g/mol. The molecule has 0 heterocycles. The molecule has 152 valence electrons. The zero-order valence-electron chi connectivity index (χ0n) is 15.6. The van der Waals surface area contributed by atoms with E-state index < -0.39 is 24.2 Å². The minimum Gasteiger partial charge on any atom is -0.376 e. The van der Waals surface area contributed by atoms with Crippen LogP contribution in [0.1, 0.15) is 42.5 Å². The summed E-state index contributed by atoms with van der Waals surface area (Å²) in [5, 5.41) is 14.2. The first-order valence-corrected chi connectivity index (χ1v) is 9.04. The van der Waals surface area contributed by atoms with Gasteiger partial charge in [0.25, 0.3) is 5.91 Å². The summed E-state index contributed by atoms with van der Waals surface area (Å²) in [5.74, 6) is -1.21. The predicted octanol–water partition coefficient (Wildman–Crippen LogP) is 3.08. The highest BCUT2D eigenvalue weighted by atomic mass is 19.4. The first-order valence-electron chi connectivity index (χ1n) is 9.04. The van der Waals surface area contributed by atoms with E-state index in [1.165, 1.54) is 23.1 Å². The quantitative estimate of drug-likeness (QED) is 0.774. The van der Waals surface area contributed by atoms with Crippen LogP contribution in [-0.4, -0.2) is 48.6 Å². The van der Waals surface area contributed by atoms with Gasteiger partial charge in [0.15, 0.2) is 0 Å². The van der Waals surface area contributed by atoms with Gasteiger partial charge in [-0.25, -0.2) is 0 Å². The molecule has 0 atom stereocenters. The van der Waals surface area contributed by atoms with Crippen molar-refractivity contribution in [3.63, 3.8) is 0 Å². The van der Waals surface area contributed by atoms with Gasteiger partial charge < -0.3 is 15.5 Å². The maximum absolute atomic E-state index is 12.6. The number of amides is 2. The fourth-order valence-corrected chi connectivity index (χ4v) is 3.30. The van der Waals surface area contributed by atoms with E-state index in [0.717, 1.165) is 19.3 Å². The molecule has 0 aromatic heterocycles. The van der Waals surface area contributed by atoms with E-state index in [9.17, 15) is 28.0 Å². The van der Waals surface area contributed by atoms with Crippen LogP contribution in [0, 0.1) is 11.3 Å². The van der Waals surface area contributed by atoms with Crippen molar-refractivity contribution in [1.82, 2.24) is 10.2 Å². The van der Waals surface area contributed by atoms with Crippen LogP contribution in [0.25, 0.3) is 0 Å². The number of benzene rings is 1. The molecule has 0 radical (unpaired) electrons. The zero-order chi connectivity index (χ0) is 20.8. The second-order valence-corrected chi connectivity index (χ2v) is 6.85. The van der Waals surface area contributed by atoms with E-state index in [-0.39, 0.29) is 23.7 Å². The topological polar surface area (TPSA) is 85.2 Å². The lowest BCUT2D eigenvalue weighted by atomic mass is 9.81. The van der Waals surface area contributed by atoms with Gasteiger partial charge in [0.05, 0.1) is 18.2 Å². The maximum Gasteiger partial charge on any atom is 0.405 e. The molecule has 0 aliphatic heterocycles. The summed E-state index contributed by atoms with van der Waals surface area (Å²) in [6.07, 6.45) is -0.502. The first-order chi connectivity index (χ1) is 13.2. The summed E-state index contributed by atoms with van der Waals surface area (Å²) in [5.41, 5.74) is -0.575. The lowest BCUT2D eigenvalue weighted by Crippen LogP contribution is -2.51. The van der Waals surface area contributed by atoms with Gasteiger partial charge in [-0.3, -0.25) is 9.59 Å². The van der Waals surface area contributed by atoms with E-state index >= 15 is 0 Å². The smallest absolute Gasteiger partial charge is 0.376 e. The Hall–Kier alpha value is -2.76. The van der Waals surface area contributed by atoms with Crippen LogP contribution in [-0.2, 0) is 4.79 Å². The summed E-state index contributed by atoms with van der Waals surface area (Å²) in [6.45, 7) is -1.62. The largest absolute Gasteiger partial charge is 0.405 e. The molecular formula is C19H23F3N4O2. The van der Waals surface area contributed by atoms with Crippen LogP contribution in [0.3, 0.4) is 0 Å². The highest BCUT2D eigenvalue weighted by molar-refractivity contribution is 6.00. The molecule has 2 amide bonds. The van der Waals surface area contributed by atoms with Crippen molar-refractivity contribution in [2.45, 2.75) is 43.8 Å². The van der Waals surface area contributed by atoms with Crippen molar-refractivity contribution in [2.75, 3.05) is 25.5 Å². The number of carbonyl (C=O) groups is 2. The van der Waals surface area contributed by atoms with Crippen LogP contribution in [0.15, 0.2) is 24.3 Å². The molecule has 28 heavy (non-hydrogen) atoms. The number of halogens is 3. The Morgan fingerprint density at radius 3 is 2.46 bits per heavy atom. The summed E-state index contributed by atoms with van der Waals surface area (Å²) >= 11 is 0. The van der Waals surface area contributed by atoms with Crippen molar-refractivity contribution in [1.29, 1.82) is 5.26 Å². The van der Waals surface area contributed by atoms with Crippen LogP contribution in [0.5, 0.6) is 0 Å². The Balaban J connectivity index is 2.03. The maximum atomic E-state index is 12.6. The number of anilines is 1. The van der Waals surface area contributed by atoms with Crippen molar-refractivity contribution in [3.05, 3.63) is 29.8 Å². The van der Waals surface area contributed by atoms with Crippen LogP contribution in [0.2, 0.25) is 0 Å². The summed E-state index contributed by atoms with van der Waals surface area (Å²) in [7, 11) is 1.58. The van der Waals surface area contributed by atoms with Gasteiger partial charge >= 0.3 is 6.18 Å². The number of likely N-dealkylation sites (N-methyl/N-ethyl adjacent to an activating group) is 1. The molecule has 6 nitrogen and oxygen atoms in total. The molecule has 1 aliphatic carbocycles. The molecule has 2 N–H and O–H groups in total. The van der Waals surface area contributed by atoms with Crippen LogP contribution < -0.4 is 10.6 Å². The third-order valence-corrected chi connectivity index (χ3v) is 4.96. The van der Waals surface area contributed by atoms with Crippen LogP contribution >= 0.6 is 0 Å². The van der Waals surface area contributed by atoms with Gasteiger partial charge in [-0.05, 0) is 25.0 Å². The molecule has 0 bridgehead atoms. The van der Waals surface area contributed by atoms with E-state index in [4.69, 9.17) is 0 Å². The van der Waals surface area contributed by atoms with Gasteiger partial charge in [0.1, 0.15) is 12.1 Å². The standard InChI is InChI=1S/C19H23F3N4O2/c1-26(18(12-23)9-5-2-6-10-18)16(27)11-24-15-8-4-3-7-14(15)17(28)25-13-19(20,21)22/h3-4,7-8,24H,2,5-6,9-11,13H2,1H3,(H,25,28). The molecule has 2 rings (SSSR count). The number of rotatable bonds is 6. The SMILES string of the molecule is CN(C(=O)CNc1ccccc1C(=O)NCC(F)(F)F)C1(C#N)CCCCC1. The molecule has 0 saturated heterocycles. The van der Waals surface area contributed by atoms with E-state index in [0.29, 0.717) is 12.8 Å². The summed E-state index contributed by atoms with van der Waals surface area (Å²) < 4.78 is 36.9. The Morgan fingerprint density at radius 2 is 1.86 bits per heavy atom. The number of alkyl halides is 3. The average molecular weight is 396 g/mol. The van der Waals surface area contributed by atoms with Crippen molar-refractivity contribution < 1.29 is 22.8 Å². The highest BCUT2D eigenvalue weighted by Crippen LogP contribution is 2.32. The van der Waals surface area contributed by atoms with Crippen molar-refractivity contribution in [3.8, 4) is 6.07 Å². The lowest BCUT2D eigenvalue weighted by molar-refractivity contribution is -0.132. The summed E-state index contributed by atoms with van der Waals surface area (Å²) in [6, 6.07) is 8.28. The third-order valence-electron chi connectivity index (χ3n) is 4.96. The Kier molecular flexibility index (Phi) is 6.89. The van der Waals surface area contributed by atoms with Crippen LogP contribution in [0.4, 0.5) is 18.9 Å². The van der Waals surface area contributed by atoms with Gasteiger partial charge in [-0.2, -0.15) is 18.4 Å². The Bertz CT molecular complexity index is 752. The molecule has 1 aromatic carbocycles. The Labute approximate surface area is 161 Å². The molecule has 1 aliphatic rings. The normalized spacial score (nSPS) is 16.0. The molecule has 9 heteroatoms. The van der Waals surface area contributed by atoms with E-state index in [1.54, 1.807) is 13.1 Å². The molecule has 0 unspecified atom stereocenters. The number of hydrogen-bond donors (Lipinski definition) is 2. The number of nitrogens with zero attached hydrogens (tertiary/aromatic N) is 2. The molecular weight excluding hydrogens is 373 g/mol. The van der Waals surface area contributed by atoms with Gasteiger partial charge in [-0.1, -0.05) is 31.4 Å². The molecule has 1 saturated carbocycles. The predicted molar refractivity (Wildman–Crippen MR) is 97.5 cm³/mol. The summed E-state index contributed by atoms with van der Waals surface area (Å²) in [4.78, 5) is 26.1. The fourth-order valence-electron chi connectivity index (χ4n) is 3.30. The van der Waals surface area contributed by atoms with E-state index in [1.807, 2.05) is 5.32 Å². The lowest BCUT2D eigenvalue weighted by Gasteiger charge is -2.39. The molecule has 1 fully saturated rings. The minimum atomic E-state index is -4.51. The first kappa shape index (κ1) is 21.5. The number of carbonyl (C=O) groups excluding carboxylic acids is 2. The van der Waals surface area contributed by atoms with E-state index in [2.05, 4.69) is 11.4 Å². The fraction of sp³-hybridized carbons (Fsp3) is 0.526. The second-order valence-electron chi connectivity index (χ2n) is 6.85. The molecule has 1 aromatic rings. The van der Waals surface area contributed by atoms with Crippen molar-refractivity contribution in [2.24, 2.45) is 0 Å². The van der Waals surface area contributed by atoms with Gasteiger partial charge in [0, 0.05) is 12.7 Å². The van der Waals surface area contributed by atoms with Gasteiger partial charge in [-0.15, -0.1) is 0 Å². The Morgan fingerprint density at radius 1 is 1.21 bits per heavy atom. The second kappa shape index (κ2) is 8.95. The number of para-hydroxylation sites is 1. The molecule has 0 spiro atoms. The highest BCUT2D eigenvalue weighted by Gasteiger charge is 2.38.